The van der Waals surface area contributed by atoms with Gasteiger partial charge in [0.2, 0.25) is 11.8 Å². The number of nitrogens with two attached hydrogens (primary N) is 8. The number of aromatic nitrogens is 2. The summed E-state index contributed by atoms with van der Waals surface area (Å²) in [4.78, 5) is 94.2. The number of aliphatic imine (C=N–C) groups is 2. The molecule has 0 aliphatic carbocycles. The second kappa shape index (κ2) is 48.2. The molecule has 90 heavy (non-hydrogen) atoms. The number of unbranched alkanes of at least 4 members (excludes halogenated alkanes) is 1. The van der Waals surface area contributed by atoms with Crippen molar-refractivity contribution in [2.24, 2.45) is 56.2 Å². The minimum atomic E-state index is -1.13. The normalized spacial score (nSPS) is 12.3. The molecule has 21 N–H and O–H groups in total. The molecule has 0 spiro atoms. The third-order valence-corrected chi connectivity index (χ3v) is 13.3. The number of ether oxygens (including phenoxy) is 6. The Labute approximate surface area is 528 Å². The predicted molar refractivity (Wildman–Crippen MR) is 343 cm³/mol. The molecule has 29 heteroatoms. The third kappa shape index (κ3) is 37.4. The first-order chi connectivity index (χ1) is 43.2. The lowest BCUT2D eigenvalue weighted by atomic mass is 9.90. The van der Waals surface area contributed by atoms with E-state index in [4.69, 9.17) is 74.3 Å². The minimum Gasteiger partial charge on any atom is -0.508 e. The molecule has 0 bridgehead atoms. The lowest BCUT2D eigenvalue weighted by Gasteiger charge is -2.22. The molecule has 29 nitrogen and oxygen atoms in total. The van der Waals surface area contributed by atoms with Gasteiger partial charge >= 0.3 is 0 Å². The molecule has 0 aliphatic rings. The summed E-state index contributed by atoms with van der Waals surface area (Å²) in [5.74, 6) is -3.91. The second-order valence-electron chi connectivity index (χ2n) is 21.2. The van der Waals surface area contributed by atoms with Gasteiger partial charge in [-0.2, -0.15) is 0 Å². The van der Waals surface area contributed by atoms with E-state index in [9.17, 15) is 39.0 Å². The number of benzene rings is 2. The van der Waals surface area contributed by atoms with E-state index in [0.29, 0.717) is 143 Å². The zero-order valence-corrected chi connectivity index (χ0v) is 52.5. The number of guanidine groups is 2. The molecule has 2 aromatic carbocycles. The van der Waals surface area contributed by atoms with Gasteiger partial charge in [-0.25, -0.2) is 9.97 Å². The van der Waals surface area contributed by atoms with Crippen LogP contribution >= 0.6 is 0 Å². The van der Waals surface area contributed by atoms with E-state index in [-0.39, 0.29) is 115 Å². The lowest BCUT2D eigenvalue weighted by Crippen LogP contribution is -2.44. The molecule has 3 rings (SSSR count). The Hall–Kier alpha value is -7.64. The van der Waals surface area contributed by atoms with E-state index in [1.165, 1.54) is 19.1 Å². The van der Waals surface area contributed by atoms with Crippen molar-refractivity contribution >= 4 is 58.6 Å². The van der Waals surface area contributed by atoms with Crippen molar-refractivity contribution in [2.75, 3.05) is 123 Å². The number of phenols is 2. The summed E-state index contributed by atoms with van der Waals surface area (Å²) in [7, 11) is 0. The Morgan fingerprint density at radius 1 is 0.533 bits per heavy atom. The molecule has 1 aromatic heterocycles. The van der Waals surface area contributed by atoms with Crippen LogP contribution in [0.1, 0.15) is 123 Å². The molecule has 0 fully saturated rings. The fourth-order valence-electron chi connectivity index (χ4n) is 8.68. The van der Waals surface area contributed by atoms with Gasteiger partial charge in [0.25, 0.3) is 5.91 Å². The fourth-order valence-corrected chi connectivity index (χ4v) is 8.68. The first kappa shape index (κ1) is 78.5. The monoisotopic (exact) mass is 1270 g/mol. The zero-order valence-electron chi connectivity index (χ0n) is 52.5. The number of carbonyl (C=O) groups excluding carboxylic acids is 6. The average molecular weight is 1270 g/mol. The van der Waals surface area contributed by atoms with Crippen LogP contribution in [0.15, 0.2) is 58.5 Å². The zero-order chi connectivity index (χ0) is 66.3. The van der Waals surface area contributed by atoms with Crippen molar-refractivity contribution in [1.82, 2.24) is 25.9 Å². The van der Waals surface area contributed by atoms with Gasteiger partial charge < -0.3 is 100 Å². The Morgan fingerprint density at radius 2 is 0.967 bits per heavy atom. The van der Waals surface area contributed by atoms with E-state index in [1.807, 2.05) is 6.92 Å². The van der Waals surface area contributed by atoms with Crippen LogP contribution in [0.5, 0.6) is 11.5 Å². The molecule has 0 saturated heterocycles. The smallest absolute Gasteiger partial charge is 0.274 e. The maximum absolute atomic E-state index is 14.0. The number of ketones is 3. The maximum Gasteiger partial charge on any atom is 0.274 e. The minimum absolute atomic E-state index is 0.0165. The number of hydrogen-bond donors (Lipinski definition) is 13. The molecular weight excluding hydrogens is 1170 g/mol. The van der Waals surface area contributed by atoms with Crippen molar-refractivity contribution in [3.05, 3.63) is 71.0 Å². The van der Waals surface area contributed by atoms with E-state index < -0.39 is 35.5 Å². The Balaban J connectivity index is 0.000000798. The predicted octanol–water partition coefficient (Wildman–Crippen LogP) is 1.06. The van der Waals surface area contributed by atoms with Crippen LogP contribution < -0.4 is 61.8 Å². The van der Waals surface area contributed by atoms with Crippen molar-refractivity contribution in [2.45, 2.75) is 116 Å². The summed E-state index contributed by atoms with van der Waals surface area (Å²) in [6.07, 6.45) is 6.06. The topological polar surface area (TPSA) is 493 Å². The van der Waals surface area contributed by atoms with E-state index in [1.54, 1.807) is 36.4 Å². The van der Waals surface area contributed by atoms with Gasteiger partial charge in [-0.05, 0) is 125 Å². The lowest BCUT2D eigenvalue weighted by molar-refractivity contribution is -0.130. The first-order valence-electron chi connectivity index (χ1n) is 30.6. The van der Waals surface area contributed by atoms with E-state index >= 15 is 0 Å². The average Bonchev–Trinajstić information content (AvgIpc) is 1.04. The number of amides is 3. The van der Waals surface area contributed by atoms with Crippen LogP contribution in [0, 0.1) is 11.8 Å². The van der Waals surface area contributed by atoms with Gasteiger partial charge in [0, 0.05) is 78.2 Å². The SMILES string of the molecule is CC(=O)NC(CCCN=C(N)N)C(=O)CCCCOCCOCCOCCCN.C[C@@H](CC(=O)c1nc(N)c(C(=O)N[C@@H](CCCN=C(N)N)C(=O)CC(Cc2ccc(O)cc2)C(=O)NCCCOCCOCCOCCCN)nc1N)Cc1ccc(O)cc1. The van der Waals surface area contributed by atoms with Gasteiger partial charge in [-0.15, -0.1) is 0 Å². The number of rotatable bonds is 50. The summed E-state index contributed by atoms with van der Waals surface area (Å²) in [6, 6.07) is 11.3. The highest BCUT2D eigenvalue weighted by Crippen LogP contribution is 2.22. The number of carbonyl (C=O) groups is 6. The molecule has 3 aromatic rings. The van der Waals surface area contributed by atoms with Crippen LogP contribution in [0.25, 0.3) is 0 Å². The van der Waals surface area contributed by atoms with Crippen LogP contribution in [0.2, 0.25) is 0 Å². The van der Waals surface area contributed by atoms with Crippen molar-refractivity contribution in [3.8, 4) is 11.5 Å². The summed E-state index contributed by atoms with van der Waals surface area (Å²) in [6.45, 7) is 11.4. The molecule has 0 saturated carbocycles. The molecule has 1 heterocycles. The Morgan fingerprint density at radius 3 is 1.44 bits per heavy atom. The van der Waals surface area contributed by atoms with Crippen LogP contribution in [0.3, 0.4) is 0 Å². The quantitative estimate of drug-likeness (QED) is 0.0163. The number of nitrogens with zero attached hydrogens (tertiary/aromatic N) is 4. The molecule has 4 atom stereocenters. The Kier molecular flexibility index (Phi) is 42.1. The van der Waals surface area contributed by atoms with Gasteiger partial charge in [0.05, 0.1) is 64.9 Å². The maximum atomic E-state index is 14.0. The van der Waals surface area contributed by atoms with Crippen LogP contribution in [-0.2, 0) is 60.4 Å². The van der Waals surface area contributed by atoms with Gasteiger partial charge in [0.15, 0.2) is 52.3 Å². The van der Waals surface area contributed by atoms with Crippen LogP contribution in [-0.4, -0.2) is 191 Å². The van der Waals surface area contributed by atoms with Crippen molar-refractivity contribution in [3.63, 3.8) is 0 Å². The highest BCUT2D eigenvalue weighted by molar-refractivity contribution is 6.03. The van der Waals surface area contributed by atoms with Crippen LogP contribution in [0.4, 0.5) is 11.6 Å². The molecule has 0 radical (unpaired) electrons. The molecule has 2 unspecified atom stereocenters. The summed E-state index contributed by atoms with van der Waals surface area (Å²) >= 11 is 0. The molecular formula is C61H101N15O14. The number of hydrogen-bond acceptors (Lipinski definition) is 22. The standard InChI is InChI=1S/C42H62N10O9.C19H39N5O5/c1-27(23-28-6-10-31(53)11-7-28)24-35(56)36-38(44)52-37(39(45)51-36)41(58)50-33(5-2-15-49-42(46)47)34(55)26-30(25-29-8-12-32(54)13-9-29)40(57)48-16-4-18-60-20-22-61-21-19-59-17-3-14-43;1-16(25)24-17(6-4-9-23-19(21)22)18(26)7-2-3-10-27-12-14-29-15-13-28-11-5-8-20/h6-13,27,30,33,53-54H,2-5,14-26,43H2,1H3,(H2,44,52)(H2,45,51)(H,48,57)(H,50,58)(H4,46,47,49);17H,2-15,20H2,1H3,(H,24,25)(H4,21,22,23)/t27-,30?,33+;/m1./s1. The number of nitrogen functional groups attached to an aromatic ring is 2. The molecule has 0 aliphatic heterocycles. The molecule has 504 valence electrons. The van der Waals surface area contributed by atoms with E-state index in [2.05, 4.69) is 35.9 Å². The number of anilines is 2. The fraction of sp³-hybridized carbons (Fsp3) is 0.607. The summed E-state index contributed by atoms with van der Waals surface area (Å²) < 4.78 is 32.7. The summed E-state index contributed by atoms with van der Waals surface area (Å²) in [5, 5.41) is 27.6. The highest BCUT2D eigenvalue weighted by atomic mass is 16.5. The van der Waals surface area contributed by atoms with Gasteiger partial charge in [-0.1, -0.05) is 31.2 Å². The summed E-state index contributed by atoms with van der Waals surface area (Å²) in [5.41, 5.74) is 45.7. The van der Waals surface area contributed by atoms with Gasteiger partial charge in [-0.3, -0.25) is 38.8 Å². The highest BCUT2D eigenvalue weighted by Gasteiger charge is 2.30. The number of aromatic hydroxyl groups is 2. The van der Waals surface area contributed by atoms with Crippen molar-refractivity contribution < 1.29 is 67.4 Å². The van der Waals surface area contributed by atoms with Crippen molar-refractivity contribution in [1.29, 1.82) is 0 Å². The first-order valence-corrected chi connectivity index (χ1v) is 30.6. The van der Waals surface area contributed by atoms with E-state index in [0.717, 1.165) is 24.8 Å². The third-order valence-electron chi connectivity index (χ3n) is 13.3. The largest absolute Gasteiger partial charge is 0.508 e. The second-order valence-corrected chi connectivity index (χ2v) is 21.2. The Bertz CT molecular complexity index is 2590. The molecule has 3 amide bonds. The number of nitrogens with one attached hydrogen (secondary N) is 3. The van der Waals surface area contributed by atoms with Gasteiger partial charge in [0.1, 0.15) is 11.5 Å². The number of phenolic OH excluding ortho intramolecular Hbond substituents is 2. The number of Topliss-reactive ketones (excluding diaryl/α,β-unsaturated/α-hetero) is 3.